The minimum Gasteiger partial charge on any atom is -0.497 e. The van der Waals surface area contributed by atoms with E-state index in [9.17, 15) is 4.79 Å². The van der Waals surface area contributed by atoms with Gasteiger partial charge in [0.05, 0.1) is 13.7 Å². The van der Waals surface area contributed by atoms with Gasteiger partial charge in [-0.15, -0.1) is 0 Å². The van der Waals surface area contributed by atoms with E-state index in [1.165, 1.54) is 0 Å². The summed E-state index contributed by atoms with van der Waals surface area (Å²) < 4.78 is 10.5. The van der Waals surface area contributed by atoms with E-state index in [0.29, 0.717) is 24.6 Å². The third kappa shape index (κ3) is 3.64. The Labute approximate surface area is 124 Å². The fraction of sp³-hybridized carbons (Fsp3) is 0.312. The highest BCUT2D eigenvalue weighted by Crippen LogP contribution is 2.15. The molecule has 1 aromatic heterocycles. The summed E-state index contributed by atoms with van der Waals surface area (Å²) in [6.45, 7) is 3.35. The predicted molar refractivity (Wildman–Crippen MR) is 80.0 cm³/mol. The molecule has 5 heteroatoms. The summed E-state index contributed by atoms with van der Waals surface area (Å²) in [5.41, 5.74) is 6.53. The highest BCUT2D eigenvalue weighted by atomic mass is 16.5. The van der Waals surface area contributed by atoms with Crippen molar-refractivity contribution >= 4 is 5.91 Å². The molecule has 0 spiro atoms. The molecule has 2 rings (SSSR count). The van der Waals surface area contributed by atoms with Crippen LogP contribution in [0.1, 0.15) is 28.8 Å². The molecule has 0 radical (unpaired) electrons. The van der Waals surface area contributed by atoms with Gasteiger partial charge in [-0.25, -0.2) is 0 Å². The molecule has 1 amide bonds. The molecule has 5 nitrogen and oxygen atoms in total. The summed E-state index contributed by atoms with van der Waals surface area (Å²) in [5.74, 6) is 1.60. The first kappa shape index (κ1) is 15.1. The predicted octanol–water partition coefficient (Wildman–Crippen LogP) is 2.41. The van der Waals surface area contributed by atoms with Gasteiger partial charge in [-0.05, 0) is 36.8 Å². The van der Waals surface area contributed by atoms with Crippen molar-refractivity contribution in [2.75, 3.05) is 13.7 Å². The number of benzene rings is 1. The van der Waals surface area contributed by atoms with Gasteiger partial charge in [0, 0.05) is 13.1 Å². The lowest BCUT2D eigenvalue weighted by atomic mass is 10.2. The number of rotatable bonds is 6. The Morgan fingerprint density at radius 1 is 1.24 bits per heavy atom. The van der Waals surface area contributed by atoms with Crippen molar-refractivity contribution in [2.24, 2.45) is 5.73 Å². The largest absolute Gasteiger partial charge is 0.497 e. The number of hydrogen-bond acceptors (Lipinski definition) is 4. The van der Waals surface area contributed by atoms with Crippen LogP contribution in [0.5, 0.6) is 5.75 Å². The van der Waals surface area contributed by atoms with Gasteiger partial charge in [-0.1, -0.05) is 12.1 Å². The first-order valence-electron chi connectivity index (χ1n) is 6.89. The van der Waals surface area contributed by atoms with Gasteiger partial charge in [-0.3, -0.25) is 4.79 Å². The molecule has 0 aliphatic heterocycles. The van der Waals surface area contributed by atoms with Gasteiger partial charge >= 0.3 is 0 Å². The Morgan fingerprint density at radius 2 is 1.95 bits per heavy atom. The van der Waals surface area contributed by atoms with Crippen molar-refractivity contribution in [1.82, 2.24) is 4.90 Å². The van der Waals surface area contributed by atoms with Crippen molar-refractivity contribution < 1.29 is 13.9 Å². The SMILES string of the molecule is CCN(Cc1ccc(OC)cc1)C(=O)c1ccc(CN)o1. The fourth-order valence-corrected chi connectivity index (χ4v) is 2.04. The van der Waals surface area contributed by atoms with Crippen molar-refractivity contribution in [3.63, 3.8) is 0 Å². The standard InChI is InChI=1S/C16H20N2O3/c1-3-18(11-12-4-6-13(20-2)7-5-12)16(19)15-9-8-14(10-17)21-15/h4-9H,3,10-11,17H2,1-2H3. The molecule has 2 N–H and O–H groups in total. The van der Waals surface area contributed by atoms with Crippen LogP contribution in [0.15, 0.2) is 40.8 Å². The van der Waals surface area contributed by atoms with Crippen LogP contribution in [0.4, 0.5) is 0 Å². The molecule has 2 aromatic rings. The van der Waals surface area contributed by atoms with E-state index in [4.69, 9.17) is 14.9 Å². The van der Waals surface area contributed by atoms with Crippen LogP contribution in [0.2, 0.25) is 0 Å². The molecule has 0 saturated carbocycles. The van der Waals surface area contributed by atoms with Gasteiger partial charge in [-0.2, -0.15) is 0 Å². The minimum absolute atomic E-state index is 0.131. The van der Waals surface area contributed by atoms with Gasteiger partial charge < -0.3 is 19.8 Å². The van der Waals surface area contributed by atoms with Crippen molar-refractivity contribution in [3.05, 3.63) is 53.5 Å². The maximum atomic E-state index is 12.4. The Balaban J connectivity index is 2.09. The molecular weight excluding hydrogens is 268 g/mol. The van der Waals surface area contributed by atoms with Crippen LogP contribution in [0.25, 0.3) is 0 Å². The van der Waals surface area contributed by atoms with E-state index < -0.39 is 0 Å². The maximum absolute atomic E-state index is 12.4. The number of furan rings is 1. The van der Waals surface area contributed by atoms with Crippen LogP contribution in [-0.4, -0.2) is 24.5 Å². The first-order chi connectivity index (χ1) is 10.2. The first-order valence-corrected chi connectivity index (χ1v) is 6.89. The number of carbonyl (C=O) groups is 1. The summed E-state index contributed by atoms with van der Waals surface area (Å²) in [7, 11) is 1.63. The van der Waals surface area contributed by atoms with Crippen LogP contribution in [-0.2, 0) is 13.1 Å². The number of hydrogen-bond donors (Lipinski definition) is 1. The number of ether oxygens (including phenoxy) is 1. The molecule has 0 aliphatic rings. The minimum atomic E-state index is -0.131. The highest BCUT2D eigenvalue weighted by Gasteiger charge is 2.18. The highest BCUT2D eigenvalue weighted by molar-refractivity contribution is 5.91. The second-order valence-electron chi connectivity index (χ2n) is 4.64. The van der Waals surface area contributed by atoms with E-state index >= 15 is 0 Å². The molecule has 0 aliphatic carbocycles. The molecule has 0 atom stereocenters. The molecular formula is C16H20N2O3. The summed E-state index contributed by atoms with van der Waals surface area (Å²) in [6.07, 6.45) is 0. The van der Waals surface area contributed by atoms with Crippen molar-refractivity contribution in [2.45, 2.75) is 20.0 Å². The topological polar surface area (TPSA) is 68.7 Å². The van der Waals surface area contributed by atoms with E-state index in [1.54, 1.807) is 24.1 Å². The third-order valence-electron chi connectivity index (χ3n) is 3.28. The van der Waals surface area contributed by atoms with Crippen molar-refractivity contribution in [3.8, 4) is 5.75 Å². The normalized spacial score (nSPS) is 10.4. The lowest BCUT2D eigenvalue weighted by molar-refractivity contribution is 0.0718. The summed E-state index contributed by atoms with van der Waals surface area (Å²) in [6, 6.07) is 11.1. The van der Waals surface area contributed by atoms with Crippen LogP contribution >= 0.6 is 0 Å². The lowest BCUT2D eigenvalue weighted by Gasteiger charge is -2.19. The lowest BCUT2D eigenvalue weighted by Crippen LogP contribution is -2.30. The molecule has 112 valence electrons. The zero-order chi connectivity index (χ0) is 15.2. The summed E-state index contributed by atoms with van der Waals surface area (Å²) in [4.78, 5) is 14.1. The average Bonchev–Trinajstić information content (AvgIpc) is 3.01. The Hall–Kier alpha value is -2.27. The van der Waals surface area contributed by atoms with Gasteiger partial charge in [0.2, 0.25) is 0 Å². The molecule has 1 aromatic carbocycles. The number of methoxy groups -OCH3 is 1. The van der Waals surface area contributed by atoms with Gasteiger partial charge in [0.15, 0.2) is 5.76 Å². The average molecular weight is 288 g/mol. The molecule has 21 heavy (non-hydrogen) atoms. The van der Waals surface area contributed by atoms with Crippen LogP contribution in [0.3, 0.4) is 0 Å². The quantitative estimate of drug-likeness (QED) is 0.886. The number of nitrogens with zero attached hydrogens (tertiary/aromatic N) is 1. The Kier molecular flexibility index (Phi) is 5.00. The Bertz CT molecular complexity index is 590. The number of nitrogens with two attached hydrogens (primary N) is 1. The van der Waals surface area contributed by atoms with E-state index in [2.05, 4.69) is 0 Å². The molecule has 0 saturated heterocycles. The molecule has 0 bridgehead atoms. The molecule has 0 fully saturated rings. The zero-order valence-corrected chi connectivity index (χ0v) is 12.3. The summed E-state index contributed by atoms with van der Waals surface area (Å²) >= 11 is 0. The smallest absolute Gasteiger partial charge is 0.289 e. The van der Waals surface area contributed by atoms with Crippen LogP contribution < -0.4 is 10.5 Å². The monoisotopic (exact) mass is 288 g/mol. The third-order valence-corrected chi connectivity index (χ3v) is 3.28. The van der Waals surface area contributed by atoms with Gasteiger partial charge in [0.25, 0.3) is 5.91 Å². The van der Waals surface area contributed by atoms with Gasteiger partial charge in [0.1, 0.15) is 11.5 Å². The number of amides is 1. The fourth-order valence-electron chi connectivity index (χ4n) is 2.04. The maximum Gasteiger partial charge on any atom is 0.289 e. The van der Waals surface area contributed by atoms with E-state index in [0.717, 1.165) is 11.3 Å². The van der Waals surface area contributed by atoms with Crippen LogP contribution in [0, 0.1) is 0 Å². The molecule has 1 heterocycles. The second kappa shape index (κ2) is 6.95. The van der Waals surface area contributed by atoms with E-state index in [1.807, 2.05) is 31.2 Å². The molecule has 0 unspecified atom stereocenters. The Morgan fingerprint density at radius 3 is 2.48 bits per heavy atom. The zero-order valence-electron chi connectivity index (χ0n) is 12.3. The summed E-state index contributed by atoms with van der Waals surface area (Å²) in [5, 5.41) is 0. The van der Waals surface area contributed by atoms with E-state index in [-0.39, 0.29) is 12.5 Å². The second-order valence-corrected chi connectivity index (χ2v) is 4.64. The number of carbonyl (C=O) groups excluding carboxylic acids is 1. The van der Waals surface area contributed by atoms with Crippen molar-refractivity contribution in [1.29, 1.82) is 0 Å².